The number of benzene rings is 2. The molecule has 0 unspecified atom stereocenters. The van der Waals surface area contributed by atoms with Crippen molar-refractivity contribution >= 4 is 5.91 Å². The number of hydrogen-bond donors (Lipinski definition) is 1. The van der Waals surface area contributed by atoms with E-state index in [4.69, 9.17) is 9.84 Å². The van der Waals surface area contributed by atoms with Crippen LogP contribution in [0.5, 0.6) is 11.6 Å². The lowest BCUT2D eigenvalue weighted by Crippen LogP contribution is -2.23. The van der Waals surface area contributed by atoms with E-state index in [9.17, 15) is 4.79 Å². The minimum absolute atomic E-state index is 0.0371. The third kappa shape index (κ3) is 5.47. The standard InChI is InChI=1S/C27H28N4O2/c1-19-11-13-23(14-12-19)33-27-24(15-16-26(32)29-18-22-9-6-7-17-28-22)21(3)30-31(27)25-10-5-4-8-20(25)2/h4-14,17H,15-16,18H2,1-3H3,(H,29,32). The molecule has 0 spiro atoms. The average Bonchev–Trinajstić information content (AvgIpc) is 3.13. The molecule has 6 nitrogen and oxygen atoms in total. The molecule has 0 bridgehead atoms. The first-order valence-electron chi connectivity index (χ1n) is 11.1. The Morgan fingerprint density at radius 2 is 1.73 bits per heavy atom. The highest BCUT2D eigenvalue weighted by atomic mass is 16.5. The second-order valence-corrected chi connectivity index (χ2v) is 8.08. The van der Waals surface area contributed by atoms with Crippen LogP contribution in [0.1, 0.15) is 34.5 Å². The summed E-state index contributed by atoms with van der Waals surface area (Å²) in [6.07, 6.45) is 2.57. The highest BCUT2D eigenvalue weighted by Gasteiger charge is 2.20. The maximum atomic E-state index is 12.5. The van der Waals surface area contributed by atoms with Crippen molar-refractivity contribution in [3.8, 4) is 17.3 Å². The molecule has 0 saturated heterocycles. The van der Waals surface area contributed by atoms with E-state index in [-0.39, 0.29) is 5.91 Å². The van der Waals surface area contributed by atoms with Crippen LogP contribution in [0.2, 0.25) is 0 Å². The van der Waals surface area contributed by atoms with E-state index >= 15 is 0 Å². The number of nitrogens with one attached hydrogen (secondary N) is 1. The largest absolute Gasteiger partial charge is 0.439 e. The molecular formula is C27H28N4O2. The van der Waals surface area contributed by atoms with Gasteiger partial charge < -0.3 is 10.1 Å². The fourth-order valence-electron chi connectivity index (χ4n) is 3.63. The van der Waals surface area contributed by atoms with Crippen molar-refractivity contribution in [3.05, 3.63) is 101 Å². The Labute approximate surface area is 194 Å². The van der Waals surface area contributed by atoms with Crippen LogP contribution in [0.15, 0.2) is 72.9 Å². The summed E-state index contributed by atoms with van der Waals surface area (Å²) in [7, 11) is 0. The zero-order valence-corrected chi connectivity index (χ0v) is 19.2. The average molecular weight is 441 g/mol. The normalized spacial score (nSPS) is 10.8. The molecule has 6 heteroatoms. The van der Waals surface area contributed by atoms with Gasteiger partial charge in [0.2, 0.25) is 11.8 Å². The number of aromatic nitrogens is 3. The van der Waals surface area contributed by atoms with Crippen molar-refractivity contribution in [2.75, 3.05) is 0 Å². The Morgan fingerprint density at radius 3 is 2.45 bits per heavy atom. The van der Waals surface area contributed by atoms with Crippen molar-refractivity contribution in [1.29, 1.82) is 0 Å². The van der Waals surface area contributed by atoms with Crippen LogP contribution >= 0.6 is 0 Å². The number of rotatable bonds is 8. The van der Waals surface area contributed by atoms with Gasteiger partial charge in [-0.1, -0.05) is 42.0 Å². The first-order valence-corrected chi connectivity index (χ1v) is 11.1. The summed E-state index contributed by atoms with van der Waals surface area (Å²) in [6.45, 7) is 6.46. The molecular weight excluding hydrogens is 412 g/mol. The molecule has 1 N–H and O–H groups in total. The monoisotopic (exact) mass is 440 g/mol. The van der Waals surface area contributed by atoms with Crippen LogP contribution < -0.4 is 10.1 Å². The van der Waals surface area contributed by atoms with E-state index in [1.54, 1.807) is 6.20 Å². The number of ether oxygens (including phenoxy) is 1. The van der Waals surface area contributed by atoms with Gasteiger partial charge >= 0.3 is 0 Å². The highest BCUT2D eigenvalue weighted by Crippen LogP contribution is 2.32. The Balaban J connectivity index is 1.57. The van der Waals surface area contributed by atoms with Gasteiger partial charge in [-0.3, -0.25) is 9.78 Å². The van der Waals surface area contributed by atoms with Crippen molar-refractivity contribution in [2.45, 2.75) is 40.2 Å². The van der Waals surface area contributed by atoms with E-state index in [1.807, 2.05) is 92.2 Å². The predicted octanol–water partition coefficient (Wildman–Crippen LogP) is 5.23. The van der Waals surface area contributed by atoms with Crippen LogP contribution in [0, 0.1) is 20.8 Å². The third-order valence-corrected chi connectivity index (χ3v) is 5.51. The number of hydrogen-bond acceptors (Lipinski definition) is 4. The number of amides is 1. The summed E-state index contributed by atoms with van der Waals surface area (Å²) in [6, 6.07) is 21.6. The molecule has 0 radical (unpaired) electrons. The van der Waals surface area contributed by atoms with E-state index < -0.39 is 0 Å². The van der Waals surface area contributed by atoms with Crippen LogP contribution in [-0.4, -0.2) is 20.7 Å². The summed E-state index contributed by atoms with van der Waals surface area (Å²) < 4.78 is 8.19. The van der Waals surface area contributed by atoms with E-state index in [1.165, 1.54) is 0 Å². The molecule has 2 aromatic carbocycles. The lowest BCUT2D eigenvalue weighted by atomic mass is 10.1. The SMILES string of the molecule is Cc1ccc(Oc2c(CCC(=O)NCc3ccccn3)c(C)nn2-c2ccccc2C)cc1. The molecule has 168 valence electrons. The van der Waals surface area contributed by atoms with Crippen LogP contribution in [0.4, 0.5) is 0 Å². The van der Waals surface area contributed by atoms with Gasteiger partial charge in [-0.15, -0.1) is 0 Å². The van der Waals surface area contributed by atoms with Gasteiger partial charge in [0.05, 0.1) is 23.6 Å². The lowest BCUT2D eigenvalue weighted by Gasteiger charge is -2.13. The second-order valence-electron chi connectivity index (χ2n) is 8.08. The topological polar surface area (TPSA) is 69.0 Å². The van der Waals surface area contributed by atoms with Gasteiger partial charge in [0, 0.05) is 18.2 Å². The highest BCUT2D eigenvalue weighted by molar-refractivity contribution is 5.76. The Kier molecular flexibility index (Phi) is 6.83. The van der Waals surface area contributed by atoms with Gasteiger partial charge in [-0.25, -0.2) is 0 Å². The summed E-state index contributed by atoms with van der Waals surface area (Å²) >= 11 is 0. The molecule has 1 amide bonds. The zero-order chi connectivity index (χ0) is 23.2. The second kappa shape index (κ2) is 10.1. The molecule has 33 heavy (non-hydrogen) atoms. The first-order chi connectivity index (χ1) is 16.0. The van der Waals surface area contributed by atoms with Crippen molar-refractivity contribution in [1.82, 2.24) is 20.1 Å². The van der Waals surface area contributed by atoms with Gasteiger partial charge in [0.1, 0.15) is 5.75 Å². The summed E-state index contributed by atoms with van der Waals surface area (Å²) in [5.74, 6) is 1.34. The fraction of sp³-hybridized carbons (Fsp3) is 0.222. The summed E-state index contributed by atoms with van der Waals surface area (Å²) in [5, 5.41) is 7.72. The minimum Gasteiger partial charge on any atom is -0.439 e. The van der Waals surface area contributed by atoms with Crippen LogP contribution in [-0.2, 0) is 17.8 Å². The molecule has 0 aliphatic rings. The molecule has 4 aromatic rings. The molecule has 0 aliphatic carbocycles. The molecule has 0 atom stereocenters. The Morgan fingerprint density at radius 1 is 0.970 bits per heavy atom. The lowest BCUT2D eigenvalue weighted by molar-refractivity contribution is -0.121. The maximum absolute atomic E-state index is 12.5. The number of pyridine rings is 1. The minimum atomic E-state index is -0.0371. The zero-order valence-electron chi connectivity index (χ0n) is 19.2. The van der Waals surface area contributed by atoms with Crippen molar-refractivity contribution in [2.24, 2.45) is 0 Å². The van der Waals surface area contributed by atoms with E-state index in [0.717, 1.165) is 39.5 Å². The summed E-state index contributed by atoms with van der Waals surface area (Å²) in [5.41, 5.74) is 5.81. The molecule has 2 aromatic heterocycles. The number of carbonyl (C=O) groups is 1. The van der Waals surface area contributed by atoms with E-state index in [2.05, 4.69) is 10.3 Å². The molecule has 0 fully saturated rings. The molecule has 0 saturated carbocycles. The smallest absolute Gasteiger partial charge is 0.226 e. The van der Waals surface area contributed by atoms with Gasteiger partial charge in [0.25, 0.3) is 0 Å². The Bertz CT molecular complexity index is 1230. The van der Waals surface area contributed by atoms with Gasteiger partial charge in [-0.05, 0) is 63.1 Å². The van der Waals surface area contributed by atoms with Gasteiger partial charge in [-0.2, -0.15) is 9.78 Å². The van der Waals surface area contributed by atoms with Crippen molar-refractivity contribution < 1.29 is 9.53 Å². The maximum Gasteiger partial charge on any atom is 0.226 e. The third-order valence-electron chi connectivity index (χ3n) is 5.51. The van der Waals surface area contributed by atoms with Crippen molar-refractivity contribution in [3.63, 3.8) is 0 Å². The number of aryl methyl sites for hydroxylation is 3. The fourth-order valence-corrected chi connectivity index (χ4v) is 3.63. The Hall–Kier alpha value is -3.93. The van der Waals surface area contributed by atoms with Gasteiger partial charge in [0.15, 0.2) is 0 Å². The molecule has 0 aliphatic heterocycles. The number of carbonyl (C=O) groups excluding carboxylic acids is 1. The number of para-hydroxylation sites is 1. The molecule has 2 heterocycles. The van der Waals surface area contributed by atoms with Crippen LogP contribution in [0.3, 0.4) is 0 Å². The number of nitrogens with zero attached hydrogens (tertiary/aromatic N) is 3. The van der Waals surface area contributed by atoms with E-state index in [0.29, 0.717) is 25.3 Å². The predicted molar refractivity (Wildman–Crippen MR) is 129 cm³/mol. The quantitative estimate of drug-likeness (QED) is 0.407. The van der Waals surface area contributed by atoms with Crippen LogP contribution in [0.25, 0.3) is 5.69 Å². The summed E-state index contributed by atoms with van der Waals surface area (Å²) in [4.78, 5) is 16.8. The molecule has 4 rings (SSSR count). The first kappa shape index (κ1) is 22.3.